The van der Waals surface area contributed by atoms with Crippen molar-refractivity contribution in [3.63, 3.8) is 0 Å². The maximum Gasteiger partial charge on any atom is 0.242 e. The van der Waals surface area contributed by atoms with Crippen molar-refractivity contribution >= 4 is 39.7 Å². The Bertz CT molecular complexity index is 1390. The molecule has 2 aromatic carbocycles. The van der Waals surface area contributed by atoms with Crippen LogP contribution in [0.1, 0.15) is 29.5 Å². The molecule has 4 aliphatic rings. The van der Waals surface area contributed by atoms with Crippen molar-refractivity contribution in [1.82, 2.24) is 16.0 Å². The number of nitrogens with zero attached hydrogens (tertiary/aromatic N) is 2. The number of halogens is 1. The number of hydrogen-bond acceptors (Lipinski definition) is 6. The van der Waals surface area contributed by atoms with Crippen LogP contribution in [0.3, 0.4) is 0 Å². The molecule has 0 spiro atoms. The molecule has 2 amide bonds. The van der Waals surface area contributed by atoms with Gasteiger partial charge in [-0.15, -0.1) is 0 Å². The van der Waals surface area contributed by atoms with E-state index in [1.54, 1.807) is 12.1 Å². The van der Waals surface area contributed by atoms with Gasteiger partial charge < -0.3 is 21.1 Å². The van der Waals surface area contributed by atoms with Gasteiger partial charge in [-0.2, -0.15) is 0 Å². The number of phenolic OH excluding ortho intramolecular Hbond substituents is 1. The molecule has 3 heterocycles. The van der Waals surface area contributed by atoms with Crippen LogP contribution in [0.15, 0.2) is 80.5 Å². The predicted octanol–water partition coefficient (Wildman–Crippen LogP) is 3.07. The number of rotatable bonds is 7. The molecule has 188 valence electrons. The zero-order valence-electron chi connectivity index (χ0n) is 19.9. The van der Waals surface area contributed by atoms with E-state index in [0.29, 0.717) is 31.5 Å². The molecule has 8 nitrogen and oxygen atoms in total. The lowest BCUT2D eigenvalue weighted by atomic mass is 10.1. The normalized spacial score (nSPS) is 25.5. The Morgan fingerprint density at radius 3 is 2.57 bits per heavy atom. The second-order valence-corrected chi connectivity index (χ2v) is 10.6. The first-order valence-electron chi connectivity index (χ1n) is 12.4. The molecule has 1 saturated carbocycles. The molecule has 6 rings (SSSR count). The highest BCUT2D eigenvalue weighted by Crippen LogP contribution is 2.55. The molecule has 4 N–H and O–H groups in total. The molecule has 2 aromatic rings. The zero-order valence-corrected chi connectivity index (χ0v) is 21.5. The van der Waals surface area contributed by atoms with Gasteiger partial charge in [0.25, 0.3) is 0 Å². The van der Waals surface area contributed by atoms with Gasteiger partial charge in [-0.3, -0.25) is 19.6 Å². The molecule has 37 heavy (non-hydrogen) atoms. The van der Waals surface area contributed by atoms with E-state index < -0.39 is 6.04 Å². The van der Waals surface area contributed by atoms with Crippen molar-refractivity contribution in [2.24, 2.45) is 21.8 Å². The molecular formula is C28H26BrN5O3. The van der Waals surface area contributed by atoms with Crippen molar-refractivity contribution in [2.75, 3.05) is 0 Å². The molecule has 0 aromatic heterocycles. The number of nitrogens with one attached hydrogen (secondary N) is 3. The highest BCUT2D eigenvalue weighted by molar-refractivity contribution is 9.12. The Hall–Kier alpha value is -3.72. The lowest BCUT2D eigenvalue weighted by molar-refractivity contribution is -0.125. The summed E-state index contributed by atoms with van der Waals surface area (Å²) in [6, 6.07) is 15.1. The average Bonchev–Trinajstić information content (AvgIpc) is 3.52. The van der Waals surface area contributed by atoms with Crippen LogP contribution in [-0.2, 0) is 22.7 Å². The number of hydrogen-bond donors (Lipinski definition) is 4. The summed E-state index contributed by atoms with van der Waals surface area (Å²) in [6.07, 6.45) is 4.82. The molecule has 0 bridgehead atoms. The third-order valence-corrected chi connectivity index (χ3v) is 7.88. The van der Waals surface area contributed by atoms with Crippen LogP contribution in [0.2, 0.25) is 0 Å². The highest BCUT2D eigenvalue weighted by atomic mass is 79.9. The topological polar surface area (TPSA) is 115 Å². The highest BCUT2D eigenvalue weighted by Gasteiger charge is 2.57. The van der Waals surface area contributed by atoms with Crippen LogP contribution in [0, 0.1) is 11.8 Å². The molecule has 9 heteroatoms. The maximum absolute atomic E-state index is 12.2. The van der Waals surface area contributed by atoms with E-state index in [9.17, 15) is 14.7 Å². The van der Waals surface area contributed by atoms with Crippen LogP contribution in [0.4, 0.5) is 0 Å². The molecular weight excluding hydrogens is 534 g/mol. The SMILES string of the molecule is O=C1CCC(C(=O)NCc2ccc(CNC3=CC(c4ccccc4O)=NC4=C(Br)C=NC5C3C45)cc2)N1. The number of carbonyl (C=O) groups is 2. The van der Waals surface area contributed by atoms with Crippen LogP contribution in [-0.4, -0.2) is 40.9 Å². The molecule has 4 unspecified atom stereocenters. The Labute approximate surface area is 222 Å². The summed E-state index contributed by atoms with van der Waals surface area (Å²) in [5, 5.41) is 19.7. The van der Waals surface area contributed by atoms with Gasteiger partial charge in [0, 0.05) is 48.8 Å². The molecule has 3 aliphatic heterocycles. The summed E-state index contributed by atoms with van der Waals surface area (Å²) in [4.78, 5) is 33.2. The van der Waals surface area contributed by atoms with Crippen molar-refractivity contribution in [3.8, 4) is 5.75 Å². The number of para-hydroxylation sites is 1. The van der Waals surface area contributed by atoms with E-state index in [1.165, 1.54) is 0 Å². The fourth-order valence-corrected chi connectivity index (χ4v) is 5.67. The smallest absolute Gasteiger partial charge is 0.242 e. The molecule has 4 atom stereocenters. The van der Waals surface area contributed by atoms with Gasteiger partial charge in [0.2, 0.25) is 11.8 Å². The summed E-state index contributed by atoms with van der Waals surface area (Å²) in [5.41, 5.74) is 5.54. The summed E-state index contributed by atoms with van der Waals surface area (Å²) >= 11 is 3.61. The Morgan fingerprint density at radius 1 is 1.08 bits per heavy atom. The average molecular weight is 560 g/mol. The first-order valence-corrected chi connectivity index (χ1v) is 13.2. The Kier molecular flexibility index (Phi) is 6.16. The summed E-state index contributed by atoms with van der Waals surface area (Å²) in [7, 11) is 0. The molecule has 2 fully saturated rings. The summed E-state index contributed by atoms with van der Waals surface area (Å²) in [5.74, 6) is 0.420. The predicted molar refractivity (Wildman–Crippen MR) is 144 cm³/mol. The second kappa shape index (κ2) is 9.63. The van der Waals surface area contributed by atoms with Gasteiger partial charge in [-0.1, -0.05) is 36.4 Å². The van der Waals surface area contributed by atoms with Gasteiger partial charge in [0.1, 0.15) is 11.8 Å². The monoisotopic (exact) mass is 559 g/mol. The summed E-state index contributed by atoms with van der Waals surface area (Å²) in [6.45, 7) is 1.04. The standard InChI is InChI=1S/C28H26BrN5O3/c29-18-14-31-27-24-21(11-20(34-26(18)25(24)27)17-3-1-2-4-22(17)35)30-12-15-5-7-16(8-6-15)13-32-28(37)19-9-10-23(36)33-19/h1-8,11,14,19,24-25,27,30,35H,9-10,12-13H2,(H,32,37)(H,33,36). The number of aliphatic imine (C=N–C) groups is 2. The third kappa shape index (κ3) is 4.71. The minimum atomic E-state index is -0.429. The van der Waals surface area contributed by atoms with E-state index in [-0.39, 0.29) is 35.4 Å². The number of dihydropyridines is 1. The minimum absolute atomic E-state index is 0.0723. The van der Waals surface area contributed by atoms with E-state index in [4.69, 9.17) is 4.99 Å². The Morgan fingerprint density at radius 2 is 1.84 bits per heavy atom. The van der Waals surface area contributed by atoms with Crippen LogP contribution < -0.4 is 16.0 Å². The molecule has 1 saturated heterocycles. The quantitative estimate of drug-likeness (QED) is 0.417. The minimum Gasteiger partial charge on any atom is -0.507 e. The van der Waals surface area contributed by atoms with Gasteiger partial charge in [0.15, 0.2) is 0 Å². The maximum atomic E-state index is 12.2. The summed E-state index contributed by atoms with van der Waals surface area (Å²) < 4.78 is 0.886. The van der Waals surface area contributed by atoms with E-state index in [0.717, 1.165) is 32.7 Å². The van der Waals surface area contributed by atoms with Gasteiger partial charge >= 0.3 is 0 Å². The van der Waals surface area contributed by atoms with Gasteiger partial charge in [-0.05, 0) is 51.7 Å². The van der Waals surface area contributed by atoms with Crippen LogP contribution in [0.5, 0.6) is 5.75 Å². The van der Waals surface area contributed by atoms with Gasteiger partial charge in [0.05, 0.1) is 21.9 Å². The van der Waals surface area contributed by atoms with E-state index >= 15 is 0 Å². The number of fused-ring (bicyclic) bond motifs is 1. The Balaban J connectivity index is 1.14. The van der Waals surface area contributed by atoms with Crippen molar-refractivity contribution in [2.45, 2.75) is 38.0 Å². The van der Waals surface area contributed by atoms with Gasteiger partial charge in [-0.25, -0.2) is 0 Å². The molecule has 0 radical (unpaired) electrons. The number of aromatic hydroxyl groups is 1. The first kappa shape index (κ1) is 23.7. The number of phenols is 1. The van der Waals surface area contributed by atoms with E-state index in [1.807, 2.05) is 48.7 Å². The lowest BCUT2D eigenvalue weighted by Gasteiger charge is -2.13. The van der Waals surface area contributed by atoms with Crippen LogP contribution in [0.25, 0.3) is 0 Å². The zero-order chi connectivity index (χ0) is 25.5. The van der Waals surface area contributed by atoms with E-state index in [2.05, 4.69) is 36.9 Å². The third-order valence-electron chi connectivity index (χ3n) is 7.27. The van der Waals surface area contributed by atoms with Crippen molar-refractivity contribution in [1.29, 1.82) is 0 Å². The number of carbonyl (C=O) groups excluding carboxylic acids is 2. The van der Waals surface area contributed by atoms with Crippen molar-refractivity contribution in [3.05, 3.63) is 87.2 Å². The number of benzene rings is 2. The fourth-order valence-electron chi connectivity index (χ4n) is 5.20. The van der Waals surface area contributed by atoms with Crippen LogP contribution >= 0.6 is 15.9 Å². The molecule has 1 aliphatic carbocycles. The number of allylic oxidation sites excluding steroid dienone is 2. The number of amides is 2. The fraction of sp³-hybridized carbons (Fsp3) is 0.286. The first-order chi connectivity index (χ1) is 18.0. The second-order valence-electron chi connectivity index (χ2n) is 9.71. The van der Waals surface area contributed by atoms with Crippen molar-refractivity contribution < 1.29 is 14.7 Å². The lowest BCUT2D eigenvalue weighted by Crippen LogP contribution is -2.41. The largest absolute Gasteiger partial charge is 0.507 e.